The third kappa shape index (κ3) is 3.91. The molecule has 0 bridgehead atoms. The molecule has 0 aromatic heterocycles. The van der Waals surface area contributed by atoms with Gasteiger partial charge in [-0.25, -0.2) is 0 Å². The highest BCUT2D eigenvalue weighted by Gasteiger charge is 2.22. The molecule has 0 fully saturated rings. The van der Waals surface area contributed by atoms with Gasteiger partial charge in [-0.2, -0.15) is 0 Å². The molecule has 1 aliphatic rings. The lowest BCUT2D eigenvalue weighted by molar-refractivity contribution is -0.118. The average molecular weight is 355 g/mol. The predicted molar refractivity (Wildman–Crippen MR) is 102 cm³/mol. The van der Waals surface area contributed by atoms with E-state index in [9.17, 15) is 9.59 Å². The van der Waals surface area contributed by atoms with Crippen molar-refractivity contribution in [3.8, 4) is 0 Å². The zero-order valence-electron chi connectivity index (χ0n) is 14.0. The fourth-order valence-electron chi connectivity index (χ4n) is 2.94. The van der Waals surface area contributed by atoms with Crippen molar-refractivity contribution in [2.75, 3.05) is 16.8 Å². The molecule has 0 unspecified atom stereocenters. The van der Waals surface area contributed by atoms with Gasteiger partial charge >= 0.3 is 0 Å². The second-order valence-corrected chi connectivity index (χ2v) is 6.23. The molecule has 0 radical (unpaired) electrons. The quantitative estimate of drug-likeness (QED) is 0.832. The van der Waals surface area contributed by atoms with Gasteiger partial charge in [0, 0.05) is 35.4 Å². The van der Waals surface area contributed by atoms with E-state index in [0.717, 1.165) is 22.5 Å². The maximum Gasteiger partial charge on any atom is 0.248 e. The summed E-state index contributed by atoms with van der Waals surface area (Å²) in [6.45, 7) is 2.61. The van der Waals surface area contributed by atoms with Gasteiger partial charge < -0.3 is 10.2 Å². The number of anilines is 2. The first-order valence-corrected chi connectivity index (χ1v) is 8.63. The van der Waals surface area contributed by atoms with Crippen LogP contribution in [0.4, 0.5) is 11.4 Å². The first-order chi connectivity index (χ1) is 12.1. The number of carbonyl (C=O) groups excluding carboxylic acids is 2. The normalized spacial score (nSPS) is 13.8. The van der Waals surface area contributed by atoms with E-state index >= 15 is 0 Å². The topological polar surface area (TPSA) is 49.4 Å². The summed E-state index contributed by atoms with van der Waals surface area (Å²) < 4.78 is 0. The second-order valence-electron chi connectivity index (χ2n) is 5.83. The number of amides is 2. The molecular weight excluding hydrogens is 336 g/mol. The number of hydrogen-bond acceptors (Lipinski definition) is 2. The van der Waals surface area contributed by atoms with E-state index in [0.29, 0.717) is 24.4 Å². The van der Waals surface area contributed by atoms with Gasteiger partial charge in [0.2, 0.25) is 11.8 Å². The van der Waals surface area contributed by atoms with E-state index in [1.165, 1.54) is 6.08 Å². The van der Waals surface area contributed by atoms with Crippen LogP contribution < -0.4 is 10.2 Å². The molecule has 3 rings (SSSR count). The number of benzene rings is 2. The highest BCUT2D eigenvalue weighted by Crippen LogP contribution is 2.30. The van der Waals surface area contributed by atoms with Gasteiger partial charge in [0.15, 0.2) is 0 Å². The van der Waals surface area contributed by atoms with Gasteiger partial charge in [0.05, 0.1) is 0 Å². The van der Waals surface area contributed by atoms with E-state index in [4.69, 9.17) is 11.6 Å². The smallest absolute Gasteiger partial charge is 0.248 e. The number of carbonyl (C=O) groups is 2. The van der Waals surface area contributed by atoms with Crippen molar-refractivity contribution in [3.05, 3.63) is 64.7 Å². The molecule has 0 saturated heterocycles. The van der Waals surface area contributed by atoms with Crippen molar-refractivity contribution in [1.29, 1.82) is 0 Å². The van der Waals surface area contributed by atoms with Crippen LogP contribution in [0.25, 0.3) is 6.08 Å². The molecule has 2 aromatic rings. The number of rotatable bonds is 4. The van der Waals surface area contributed by atoms with E-state index in [1.807, 2.05) is 43.3 Å². The summed E-state index contributed by atoms with van der Waals surface area (Å²) in [7, 11) is 0. The van der Waals surface area contributed by atoms with E-state index in [2.05, 4.69) is 5.32 Å². The van der Waals surface area contributed by atoms with Gasteiger partial charge in [0.25, 0.3) is 0 Å². The van der Waals surface area contributed by atoms with Crippen LogP contribution in [0.1, 0.15) is 24.5 Å². The first kappa shape index (κ1) is 17.2. The van der Waals surface area contributed by atoms with Crippen molar-refractivity contribution in [1.82, 2.24) is 0 Å². The Bertz CT molecular complexity index is 845. The van der Waals surface area contributed by atoms with Crippen LogP contribution in [0.2, 0.25) is 5.02 Å². The van der Waals surface area contributed by atoms with Crippen LogP contribution >= 0.6 is 11.6 Å². The minimum Gasteiger partial charge on any atom is -0.323 e. The number of nitrogens with one attached hydrogen (secondary N) is 1. The maximum atomic E-state index is 12.1. The molecule has 0 saturated carbocycles. The molecule has 5 heteroatoms. The summed E-state index contributed by atoms with van der Waals surface area (Å²) in [5.74, 6) is -0.0754. The molecular formula is C20H19ClN2O2. The van der Waals surface area contributed by atoms with Crippen molar-refractivity contribution < 1.29 is 9.59 Å². The van der Waals surface area contributed by atoms with Crippen LogP contribution in [0.15, 0.2) is 48.5 Å². The van der Waals surface area contributed by atoms with Crippen LogP contribution in [0.5, 0.6) is 0 Å². The molecule has 1 N–H and O–H groups in total. The molecule has 1 aliphatic heterocycles. The Kier molecular flexibility index (Phi) is 5.19. The highest BCUT2D eigenvalue weighted by atomic mass is 35.5. The third-order valence-corrected chi connectivity index (χ3v) is 4.53. The molecule has 1 heterocycles. The summed E-state index contributed by atoms with van der Waals surface area (Å²) in [5, 5.41) is 3.46. The Balaban J connectivity index is 1.72. The van der Waals surface area contributed by atoms with Crippen molar-refractivity contribution >= 4 is 40.9 Å². The third-order valence-electron chi connectivity index (χ3n) is 4.18. The number of nitrogens with zero attached hydrogens (tertiary/aromatic N) is 1. The first-order valence-electron chi connectivity index (χ1n) is 8.25. The Morgan fingerprint density at radius 3 is 2.80 bits per heavy atom. The van der Waals surface area contributed by atoms with Crippen LogP contribution in [-0.4, -0.2) is 18.4 Å². The standard InChI is InChI=1S/C20H19ClN2O2/c1-2-23-18-10-9-16(13-15(18)8-12-20(23)25)22-19(24)11-7-14-5-3-4-6-17(14)21/h3-7,9-11,13H,2,8,12H2,1H3,(H,22,24)/b11-7+. The number of hydrogen-bond donors (Lipinski definition) is 1. The number of halogens is 1. The average Bonchev–Trinajstić information content (AvgIpc) is 2.61. The fourth-order valence-corrected chi connectivity index (χ4v) is 3.14. The van der Waals surface area contributed by atoms with Gasteiger partial charge in [-0.15, -0.1) is 0 Å². The molecule has 4 nitrogen and oxygen atoms in total. The molecule has 128 valence electrons. The largest absolute Gasteiger partial charge is 0.323 e. The van der Waals surface area contributed by atoms with Crippen LogP contribution in [-0.2, 0) is 16.0 Å². The van der Waals surface area contributed by atoms with E-state index in [1.54, 1.807) is 17.0 Å². The highest BCUT2D eigenvalue weighted by molar-refractivity contribution is 6.32. The lowest BCUT2D eigenvalue weighted by Gasteiger charge is -2.28. The lowest BCUT2D eigenvalue weighted by Crippen LogP contribution is -2.34. The molecule has 2 aromatic carbocycles. The second kappa shape index (κ2) is 7.53. The molecule has 0 aliphatic carbocycles. The zero-order valence-corrected chi connectivity index (χ0v) is 14.7. The Hall–Kier alpha value is -2.59. The van der Waals surface area contributed by atoms with Gasteiger partial charge in [-0.05, 0) is 54.8 Å². The van der Waals surface area contributed by atoms with Gasteiger partial charge in [-0.3, -0.25) is 9.59 Å². The van der Waals surface area contributed by atoms with Crippen LogP contribution in [0, 0.1) is 0 Å². The minimum absolute atomic E-state index is 0.148. The van der Waals surface area contributed by atoms with Crippen molar-refractivity contribution in [2.45, 2.75) is 19.8 Å². The minimum atomic E-state index is -0.223. The predicted octanol–water partition coefficient (Wildman–Crippen LogP) is 4.29. The molecule has 25 heavy (non-hydrogen) atoms. The Morgan fingerprint density at radius 2 is 2.04 bits per heavy atom. The molecule has 2 amide bonds. The summed E-state index contributed by atoms with van der Waals surface area (Å²) in [4.78, 5) is 25.8. The summed E-state index contributed by atoms with van der Waals surface area (Å²) in [6.07, 6.45) is 4.35. The number of fused-ring (bicyclic) bond motifs is 1. The summed E-state index contributed by atoms with van der Waals surface area (Å²) >= 11 is 6.07. The summed E-state index contributed by atoms with van der Waals surface area (Å²) in [6, 6.07) is 13.0. The monoisotopic (exact) mass is 354 g/mol. The van der Waals surface area contributed by atoms with Crippen molar-refractivity contribution in [3.63, 3.8) is 0 Å². The number of aryl methyl sites for hydroxylation is 1. The van der Waals surface area contributed by atoms with Crippen molar-refractivity contribution in [2.24, 2.45) is 0 Å². The van der Waals surface area contributed by atoms with Gasteiger partial charge in [0.1, 0.15) is 0 Å². The summed E-state index contributed by atoms with van der Waals surface area (Å²) in [5.41, 5.74) is 3.53. The van der Waals surface area contributed by atoms with E-state index < -0.39 is 0 Å². The van der Waals surface area contributed by atoms with Gasteiger partial charge in [-0.1, -0.05) is 29.8 Å². The van der Waals surface area contributed by atoms with E-state index in [-0.39, 0.29) is 11.8 Å². The van der Waals surface area contributed by atoms with Crippen LogP contribution in [0.3, 0.4) is 0 Å². The fraction of sp³-hybridized carbons (Fsp3) is 0.200. The Morgan fingerprint density at radius 1 is 1.24 bits per heavy atom. The Labute approximate surface area is 152 Å². The SMILES string of the molecule is CCN1C(=O)CCc2cc(NC(=O)/C=C/c3ccccc3Cl)ccc21. The maximum absolute atomic E-state index is 12.1. The lowest BCUT2D eigenvalue weighted by atomic mass is 10.0. The zero-order chi connectivity index (χ0) is 17.8. The molecule has 0 atom stereocenters. The molecule has 0 spiro atoms.